The van der Waals surface area contributed by atoms with E-state index in [-0.39, 0.29) is 60.8 Å². The summed E-state index contributed by atoms with van der Waals surface area (Å²) in [6.45, 7) is 3.98. The number of nitrogens with one attached hydrogen (secondary N) is 3. The Bertz CT molecular complexity index is 929. The first-order valence-electron chi connectivity index (χ1n) is 10.7. The average Bonchev–Trinajstić information content (AvgIpc) is 3.14. The van der Waals surface area contributed by atoms with Gasteiger partial charge in [-0.1, -0.05) is 44.2 Å². The van der Waals surface area contributed by atoms with Gasteiger partial charge in [0.15, 0.2) is 5.44 Å². The first-order valence-corrected chi connectivity index (χ1v) is 12.1. The molecule has 1 aromatic carbocycles. The predicted molar refractivity (Wildman–Crippen MR) is 116 cm³/mol. The van der Waals surface area contributed by atoms with Crippen LogP contribution in [0.3, 0.4) is 0 Å². The minimum atomic E-state index is -5.17. The van der Waals surface area contributed by atoms with Gasteiger partial charge < -0.3 is 30.3 Å². The Labute approximate surface area is 221 Å². The van der Waals surface area contributed by atoms with E-state index in [1.165, 1.54) is 0 Å². The third-order valence-corrected chi connectivity index (χ3v) is 6.12. The van der Waals surface area contributed by atoms with Gasteiger partial charge in [0.05, 0.1) is 6.04 Å². The van der Waals surface area contributed by atoms with Crippen molar-refractivity contribution < 1.29 is 66.8 Å². The normalized spacial score (nSPS) is 18.3. The van der Waals surface area contributed by atoms with Crippen molar-refractivity contribution in [3.8, 4) is 0 Å². The minimum absolute atomic E-state index is 0. The Hall–Kier alpha value is -1.70. The van der Waals surface area contributed by atoms with Crippen LogP contribution in [0.1, 0.15) is 38.7 Å². The fourth-order valence-corrected chi connectivity index (χ4v) is 4.10. The predicted octanol–water partition coefficient (Wildman–Crippen LogP) is -2.79. The number of rotatable bonds is 11. The number of alkyl carbamates (subject to hydrolysis) is 1. The van der Waals surface area contributed by atoms with Crippen LogP contribution in [-0.4, -0.2) is 60.0 Å². The fourth-order valence-electron chi connectivity index (χ4n) is 3.52. The van der Waals surface area contributed by atoms with Gasteiger partial charge in [0.1, 0.15) is 22.8 Å². The molecule has 0 saturated carbocycles. The molecule has 1 heterocycles. The molecule has 11 nitrogen and oxygen atoms in total. The molecule has 4 unspecified atom stereocenters. The number of aliphatic hydroxyl groups excluding tert-OH is 1. The zero-order valence-electron chi connectivity index (χ0n) is 19.5. The Morgan fingerprint density at radius 1 is 1.24 bits per heavy atom. The second-order valence-corrected chi connectivity index (χ2v) is 9.87. The zero-order valence-corrected chi connectivity index (χ0v) is 22.3. The van der Waals surface area contributed by atoms with Crippen LogP contribution in [0.4, 0.5) is 4.79 Å². The summed E-state index contributed by atoms with van der Waals surface area (Å²) < 4.78 is 39.4. The molecule has 0 bridgehead atoms. The van der Waals surface area contributed by atoms with Gasteiger partial charge in [-0.3, -0.25) is 9.59 Å². The van der Waals surface area contributed by atoms with E-state index >= 15 is 0 Å². The van der Waals surface area contributed by atoms with Crippen LogP contribution >= 0.6 is 0 Å². The third kappa shape index (κ3) is 9.88. The van der Waals surface area contributed by atoms with Crippen molar-refractivity contribution in [2.75, 3.05) is 6.54 Å². The van der Waals surface area contributed by atoms with Crippen molar-refractivity contribution in [1.29, 1.82) is 0 Å². The first-order chi connectivity index (χ1) is 15.5. The summed E-state index contributed by atoms with van der Waals surface area (Å²) in [5.74, 6) is -1.86. The second-order valence-electron chi connectivity index (χ2n) is 8.40. The number of carbonyl (C=O) groups is 3. The Balaban J connectivity index is 0.00000578. The summed E-state index contributed by atoms with van der Waals surface area (Å²) in [5, 5.41) is 17.4. The van der Waals surface area contributed by atoms with E-state index in [2.05, 4.69) is 16.0 Å². The number of hydrogen-bond donors (Lipinski definition) is 4. The van der Waals surface area contributed by atoms with Gasteiger partial charge in [-0.15, -0.1) is 0 Å². The summed E-state index contributed by atoms with van der Waals surface area (Å²) in [6, 6.07) is 6.27. The van der Waals surface area contributed by atoms with Crippen LogP contribution in [0.5, 0.6) is 0 Å². The molecule has 0 aromatic heterocycles. The van der Waals surface area contributed by atoms with E-state index in [4.69, 9.17) is 4.74 Å². The molecule has 184 valence electrons. The van der Waals surface area contributed by atoms with E-state index in [0.717, 1.165) is 5.56 Å². The topological polar surface area (TPSA) is 174 Å². The van der Waals surface area contributed by atoms with Gasteiger partial charge >= 0.3 is 35.7 Å². The van der Waals surface area contributed by atoms with Crippen LogP contribution in [0, 0.1) is 11.8 Å². The van der Waals surface area contributed by atoms with Crippen LogP contribution in [-0.2, 0) is 31.1 Å². The number of benzene rings is 1. The summed E-state index contributed by atoms with van der Waals surface area (Å²) in [7, 11) is -5.17. The van der Waals surface area contributed by atoms with Gasteiger partial charge in [0, 0.05) is 12.5 Å². The van der Waals surface area contributed by atoms with Crippen LogP contribution in [0.2, 0.25) is 0 Å². The van der Waals surface area contributed by atoms with Crippen molar-refractivity contribution in [2.24, 2.45) is 11.8 Å². The second kappa shape index (κ2) is 14.0. The molecule has 1 aliphatic rings. The molecular weight excluding hydrogens is 477 g/mol. The van der Waals surface area contributed by atoms with Crippen molar-refractivity contribution in [1.82, 2.24) is 16.0 Å². The number of aliphatic hydroxyl groups is 1. The standard InChI is InChI=1S/C21H31N3O8S.Na/c1-13(2)10-16(24-21(28)32-12-14-6-4-3-5-7-14)19(26)23-17(20(27)33(29,30)31)11-15-8-9-22-18(15)25;/h3-7,13,15-17,20,27H,8-12H2,1-2H3,(H,22,25)(H,23,26)(H,24,28)(H,29,30,31);/q;+1/p-1. The number of carbonyl (C=O) groups excluding carboxylic acids is 3. The van der Waals surface area contributed by atoms with Crippen LogP contribution in [0.15, 0.2) is 30.3 Å². The summed E-state index contributed by atoms with van der Waals surface area (Å²) in [5.41, 5.74) is -1.70. The molecule has 1 saturated heterocycles. The van der Waals surface area contributed by atoms with Crippen molar-refractivity contribution >= 4 is 28.0 Å². The molecule has 1 fully saturated rings. The third-order valence-electron chi connectivity index (χ3n) is 5.20. The maximum atomic E-state index is 12.9. The van der Waals surface area contributed by atoms with E-state index in [0.29, 0.717) is 13.0 Å². The van der Waals surface area contributed by atoms with Gasteiger partial charge in [-0.25, -0.2) is 13.2 Å². The van der Waals surface area contributed by atoms with Gasteiger partial charge in [-0.05, 0) is 30.7 Å². The van der Waals surface area contributed by atoms with E-state index in [9.17, 15) is 32.5 Å². The van der Waals surface area contributed by atoms with Crippen molar-refractivity contribution in [3.05, 3.63) is 35.9 Å². The molecule has 4 N–H and O–H groups in total. The molecule has 3 amide bonds. The van der Waals surface area contributed by atoms with Crippen molar-refractivity contribution in [2.45, 2.75) is 57.2 Å². The molecule has 0 spiro atoms. The maximum Gasteiger partial charge on any atom is 1.00 e. The smallest absolute Gasteiger partial charge is 0.746 e. The number of hydrogen-bond acceptors (Lipinski definition) is 8. The first kappa shape index (κ1) is 30.3. The molecule has 4 atom stereocenters. The largest absolute Gasteiger partial charge is 1.00 e. The molecule has 1 aromatic rings. The summed E-state index contributed by atoms with van der Waals surface area (Å²) in [6.07, 6.45) is -0.546. The van der Waals surface area contributed by atoms with Crippen LogP contribution in [0.25, 0.3) is 0 Å². The monoisotopic (exact) mass is 507 g/mol. The number of amides is 3. The Kier molecular flexibility index (Phi) is 12.5. The fraction of sp³-hybridized carbons (Fsp3) is 0.571. The molecule has 0 aliphatic carbocycles. The zero-order chi connectivity index (χ0) is 24.6. The molecule has 1 aliphatic heterocycles. The summed E-state index contributed by atoms with van der Waals surface area (Å²) in [4.78, 5) is 37.0. The van der Waals surface area contributed by atoms with Gasteiger partial charge in [-0.2, -0.15) is 0 Å². The number of ether oxygens (including phenoxy) is 1. The van der Waals surface area contributed by atoms with Gasteiger partial charge in [0.25, 0.3) is 0 Å². The SMILES string of the molecule is CC(C)CC(NC(=O)OCc1ccccc1)C(=O)NC(CC1CCNC1=O)C(O)S(=O)(=O)[O-].[Na+]. The quantitative estimate of drug-likeness (QED) is 0.184. The summed E-state index contributed by atoms with van der Waals surface area (Å²) >= 11 is 0. The van der Waals surface area contributed by atoms with E-state index in [1.807, 2.05) is 19.9 Å². The van der Waals surface area contributed by atoms with E-state index in [1.54, 1.807) is 24.3 Å². The Morgan fingerprint density at radius 3 is 2.41 bits per heavy atom. The van der Waals surface area contributed by atoms with Gasteiger partial charge in [0.2, 0.25) is 11.8 Å². The Morgan fingerprint density at radius 2 is 1.88 bits per heavy atom. The van der Waals surface area contributed by atoms with Crippen LogP contribution < -0.4 is 45.5 Å². The molecule has 0 radical (unpaired) electrons. The van der Waals surface area contributed by atoms with E-state index < -0.39 is 45.6 Å². The van der Waals surface area contributed by atoms with Crippen molar-refractivity contribution in [3.63, 3.8) is 0 Å². The average molecular weight is 508 g/mol. The molecule has 2 rings (SSSR count). The molecule has 34 heavy (non-hydrogen) atoms. The minimum Gasteiger partial charge on any atom is -0.746 e. The molecular formula is C21H30N3NaO8S. The maximum absolute atomic E-state index is 12.9. The molecule has 13 heteroatoms.